The highest BCUT2D eigenvalue weighted by Gasteiger charge is 2.55. The zero-order chi connectivity index (χ0) is 43.6. The van der Waals surface area contributed by atoms with Gasteiger partial charge < -0.3 is 39.9 Å². The number of amides is 4. The zero-order valence-electron chi connectivity index (χ0n) is 35.6. The largest absolute Gasteiger partial charge is 0.453 e. The number of nitrogens with zero attached hydrogens (tertiary/aromatic N) is 5. The third kappa shape index (κ3) is 8.94. The van der Waals surface area contributed by atoms with E-state index in [-0.39, 0.29) is 35.7 Å². The first-order valence-corrected chi connectivity index (χ1v) is 20.7. The van der Waals surface area contributed by atoms with E-state index in [1.165, 1.54) is 19.1 Å². The van der Waals surface area contributed by atoms with Crippen LogP contribution in [0.1, 0.15) is 77.6 Å². The highest BCUT2D eigenvalue weighted by atomic mass is 16.5. The van der Waals surface area contributed by atoms with E-state index >= 15 is 0 Å². The first-order chi connectivity index (χ1) is 29.2. The predicted molar refractivity (Wildman–Crippen MR) is 229 cm³/mol. The van der Waals surface area contributed by atoms with Crippen molar-refractivity contribution in [1.29, 1.82) is 5.26 Å². The Morgan fingerprint density at radius 2 is 1.36 bits per heavy atom. The van der Waals surface area contributed by atoms with Crippen LogP contribution in [-0.4, -0.2) is 93.1 Å². The Morgan fingerprint density at radius 3 is 1.97 bits per heavy atom. The SMILES string of the molecule is COC(=O)NC(C(=O)N(CC#N)[C@@H](C)c1ncc(-c2ccc3cc(-c4ccc(-c5cnc([C@@H]6CC7(CC7)CN6C(=O)[C@@H](NC(=O)OC)C(C)C)[nH]5)cc4)ccc3c2)[nH]1)C(C)C. The van der Waals surface area contributed by atoms with Crippen molar-refractivity contribution in [2.45, 2.75) is 78.0 Å². The number of hydrogen-bond donors (Lipinski definition) is 4. The normalized spacial score (nSPS) is 16.9. The molecular weight excluding hydrogens is 775 g/mol. The summed E-state index contributed by atoms with van der Waals surface area (Å²) in [6.45, 7) is 9.71. The second-order valence-electron chi connectivity index (χ2n) is 16.9. The van der Waals surface area contributed by atoms with Gasteiger partial charge in [0.05, 0.1) is 56.2 Å². The van der Waals surface area contributed by atoms with E-state index in [4.69, 9.17) is 14.5 Å². The fraction of sp³-hybridized carbons (Fsp3) is 0.413. The van der Waals surface area contributed by atoms with Gasteiger partial charge in [-0.1, -0.05) is 76.2 Å². The molecule has 3 heterocycles. The Kier molecular flexibility index (Phi) is 12.2. The van der Waals surface area contributed by atoms with Crippen molar-refractivity contribution < 1.29 is 28.7 Å². The van der Waals surface area contributed by atoms with E-state index in [1.54, 1.807) is 13.1 Å². The van der Waals surface area contributed by atoms with E-state index in [9.17, 15) is 24.4 Å². The van der Waals surface area contributed by atoms with Crippen LogP contribution in [0.15, 0.2) is 73.1 Å². The number of carbonyl (C=O) groups is 4. The molecule has 15 nitrogen and oxygen atoms in total. The molecule has 61 heavy (non-hydrogen) atoms. The smallest absolute Gasteiger partial charge is 0.407 e. The highest BCUT2D eigenvalue weighted by molar-refractivity contribution is 5.91. The molecule has 2 aliphatic rings. The second kappa shape index (κ2) is 17.5. The van der Waals surface area contributed by atoms with Gasteiger partial charge in [0, 0.05) is 12.1 Å². The number of aromatic amines is 2. The number of ether oxygens (including phenoxy) is 2. The van der Waals surface area contributed by atoms with Crippen LogP contribution in [0.3, 0.4) is 0 Å². The average molecular weight is 828 g/mol. The number of benzene rings is 3. The molecule has 5 aromatic rings. The van der Waals surface area contributed by atoms with Crippen LogP contribution >= 0.6 is 0 Å². The minimum atomic E-state index is -0.878. The maximum absolute atomic E-state index is 13.9. The molecule has 0 bridgehead atoms. The van der Waals surface area contributed by atoms with Crippen molar-refractivity contribution in [2.75, 3.05) is 27.3 Å². The van der Waals surface area contributed by atoms with Crippen LogP contribution in [0.25, 0.3) is 44.4 Å². The lowest BCUT2D eigenvalue weighted by molar-refractivity contribution is -0.136. The molecule has 1 unspecified atom stereocenters. The number of fused-ring (bicyclic) bond motifs is 1. The zero-order valence-corrected chi connectivity index (χ0v) is 35.6. The van der Waals surface area contributed by atoms with E-state index in [0.29, 0.717) is 12.4 Å². The summed E-state index contributed by atoms with van der Waals surface area (Å²) in [5, 5.41) is 17.0. The fourth-order valence-corrected chi connectivity index (χ4v) is 8.24. The molecule has 0 radical (unpaired) electrons. The van der Waals surface area contributed by atoms with Crippen LogP contribution in [0.4, 0.5) is 9.59 Å². The van der Waals surface area contributed by atoms with Crippen molar-refractivity contribution in [2.24, 2.45) is 17.3 Å². The molecule has 4 N–H and O–H groups in total. The molecule has 1 aliphatic heterocycles. The number of rotatable bonds is 13. The second-order valence-corrected chi connectivity index (χ2v) is 16.9. The van der Waals surface area contributed by atoms with Crippen LogP contribution < -0.4 is 10.6 Å². The first kappa shape index (κ1) is 42.4. The monoisotopic (exact) mass is 827 g/mol. The van der Waals surface area contributed by atoms with Crippen molar-refractivity contribution in [3.05, 3.63) is 84.7 Å². The fourth-order valence-electron chi connectivity index (χ4n) is 8.24. The molecule has 1 saturated carbocycles. The molecule has 318 valence electrons. The Morgan fingerprint density at radius 1 is 0.803 bits per heavy atom. The van der Waals surface area contributed by atoms with Gasteiger partial charge in [-0.3, -0.25) is 9.59 Å². The van der Waals surface area contributed by atoms with Gasteiger partial charge in [0.1, 0.15) is 30.3 Å². The van der Waals surface area contributed by atoms with E-state index in [0.717, 1.165) is 69.5 Å². The molecule has 3 aromatic carbocycles. The van der Waals surface area contributed by atoms with Crippen molar-refractivity contribution in [3.63, 3.8) is 0 Å². The number of methoxy groups -OCH3 is 2. The minimum Gasteiger partial charge on any atom is -0.453 e. The van der Waals surface area contributed by atoms with Crippen molar-refractivity contribution >= 4 is 34.8 Å². The number of aromatic nitrogens is 4. The van der Waals surface area contributed by atoms with Gasteiger partial charge in [-0.2, -0.15) is 5.26 Å². The average Bonchev–Trinajstić information content (AvgIpc) is 3.60. The molecule has 1 saturated heterocycles. The molecule has 4 amide bonds. The quantitative estimate of drug-likeness (QED) is 0.0868. The maximum atomic E-state index is 13.9. The molecule has 1 spiro atoms. The third-order valence-corrected chi connectivity index (χ3v) is 12.1. The number of carbonyl (C=O) groups excluding carboxylic acids is 4. The topological polar surface area (TPSA) is 198 Å². The molecule has 1 aliphatic carbocycles. The Balaban J connectivity index is 1.04. The Bertz CT molecular complexity index is 2460. The van der Waals surface area contributed by atoms with Gasteiger partial charge in [-0.05, 0) is 83.0 Å². The van der Waals surface area contributed by atoms with Gasteiger partial charge in [0.15, 0.2) is 0 Å². The number of hydrogen-bond acceptors (Lipinski definition) is 9. The number of likely N-dealkylation sites (tertiary alicyclic amines) is 1. The first-order valence-electron chi connectivity index (χ1n) is 20.7. The van der Waals surface area contributed by atoms with E-state index in [1.807, 2.05) is 44.9 Å². The molecule has 2 aromatic heterocycles. The minimum absolute atomic E-state index is 0.111. The highest BCUT2D eigenvalue weighted by Crippen LogP contribution is 2.58. The van der Waals surface area contributed by atoms with Crippen molar-refractivity contribution in [3.8, 4) is 39.7 Å². The van der Waals surface area contributed by atoms with Crippen LogP contribution in [0.2, 0.25) is 0 Å². The van der Waals surface area contributed by atoms with Gasteiger partial charge in [-0.15, -0.1) is 0 Å². The summed E-state index contributed by atoms with van der Waals surface area (Å²) >= 11 is 0. The summed E-state index contributed by atoms with van der Waals surface area (Å²) in [6, 6.07) is 20.5. The van der Waals surface area contributed by atoms with Gasteiger partial charge in [0.25, 0.3) is 0 Å². The lowest BCUT2D eigenvalue weighted by Gasteiger charge is -2.31. The van der Waals surface area contributed by atoms with E-state index in [2.05, 4.69) is 86.3 Å². The summed E-state index contributed by atoms with van der Waals surface area (Å²) in [5.74, 6) is 0.375. The number of imidazole rings is 2. The number of H-pyrrole nitrogens is 2. The summed E-state index contributed by atoms with van der Waals surface area (Å²) in [5.41, 5.74) is 5.74. The summed E-state index contributed by atoms with van der Waals surface area (Å²) < 4.78 is 9.53. The summed E-state index contributed by atoms with van der Waals surface area (Å²) in [6.07, 6.45) is 5.19. The van der Waals surface area contributed by atoms with Crippen LogP contribution in [0, 0.1) is 28.6 Å². The Labute approximate surface area is 355 Å². The number of nitriles is 1. The number of nitrogens with one attached hydrogen (secondary N) is 4. The summed E-state index contributed by atoms with van der Waals surface area (Å²) in [7, 11) is 2.53. The molecule has 2 fully saturated rings. The molecule has 4 atom stereocenters. The third-order valence-electron chi connectivity index (χ3n) is 12.1. The molecular formula is C46H53N9O6. The lowest BCUT2D eigenvalue weighted by Crippen LogP contribution is -2.52. The van der Waals surface area contributed by atoms with E-state index < -0.39 is 36.2 Å². The van der Waals surface area contributed by atoms with Gasteiger partial charge in [-0.25, -0.2) is 19.6 Å². The molecule has 15 heteroatoms. The van der Waals surface area contributed by atoms with Crippen LogP contribution in [0.5, 0.6) is 0 Å². The van der Waals surface area contributed by atoms with Crippen molar-refractivity contribution in [1.82, 2.24) is 40.4 Å². The Hall–Kier alpha value is -6.69. The number of alkyl carbamates (subject to hydrolysis) is 2. The lowest BCUT2D eigenvalue weighted by atomic mass is 9.98. The van der Waals surface area contributed by atoms with Gasteiger partial charge >= 0.3 is 12.2 Å². The van der Waals surface area contributed by atoms with Crippen LogP contribution in [-0.2, 0) is 19.1 Å². The predicted octanol–water partition coefficient (Wildman–Crippen LogP) is 7.51. The van der Waals surface area contributed by atoms with Gasteiger partial charge in [0.2, 0.25) is 11.8 Å². The summed E-state index contributed by atoms with van der Waals surface area (Å²) in [4.78, 5) is 71.0. The molecule has 7 rings (SSSR count). The maximum Gasteiger partial charge on any atom is 0.407 e. The standard InChI is InChI=1S/C46H53N9O6/c1-26(2)38(52-44(58)60-6)42(56)54(19-18-47)28(5)40-48-24-36(50-40)34-15-14-32-20-31(12-13-33(32)21-34)29-8-10-30(11-9-29)35-23-49-41(51-35)37-22-46(16-17-46)25-55(37)43(57)39(27(3)4)53-45(59)61-7/h8-15,20-21,23-24,26-28,37-39H,16-17,19,22,25H2,1-7H3,(H,48,50)(H,49,51)(H,52,58)(H,53,59)/t28-,37-,38?,39-/m0/s1.